The van der Waals surface area contributed by atoms with Gasteiger partial charge in [0.25, 0.3) is 0 Å². The summed E-state index contributed by atoms with van der Waals surface area (Å²) < 4.78 is 0. The van der Waals surface area contributed by atoms with Gasteiger partial charge in [0.05, 0.1) is 0 Å². The first kappa shape index (κ1) is 11.0. The first-order chi connectivity index (χ1) is 6.02. The minimum absolute atomic E-state index is 0.768. The Balaban J connectivity index is 2.58. The standard InChI is InChI=1S/C12H25N/c1-9(2)12-7-6-10(3)13(5)11(4)8-12/h9-12H,6-8H2,1-5H3/t10-,11?,12?/m1/s1. The smallest absolute Gasteiger partial charge is 0.00694 e. The number of likely N-dealkylation sites (tertiary alicyclic amines) is 1. The van der Waals surface area contributed by atoms with Gasteiger partial charge in [-0.3, -0.25) is 0 Å². The van der Waals surface area contributed by atoms with Gasteiger partial charge in [0, 0.05) is 12.1 Å². The summed E-state index contributed by atoms with van der Waals surface area (Å²) in [4.78, 5) is 2.54. The molecule has 3 atom stereocenters. The van der Waals surface area contributed by atoms with Crippen LogP contribution in [0.1, 0.15) is 47.0 Å². The minimum Gasteiger partial charge on any atom is -0.301 e. The Labute approximate surface area is 83.5 Å². The molecule has 0 aliphatic carbocycles. The molecule has 0 aromatic rings. The summed E-state index contributed by atoms with van der Waals surface area (Å²) in [6.45, 7) is 9.47. The van der Waals surface area contributed by atoms with E-state index in [1.54, 1.807) is 0 Å². The lowest BCUT2D eigenvalue weighted by Crippen LogP contribution is -2.35. The summed E-state index contributed by atoms with van der Waals surface area (Å²) in [5, 5.41) is 0. The zero-order valence-electron chi connectivity index (χ0n) is 9.88. The minimum atomic E-state index is 0.768. The van der Waals surface area contributed by atoms with Crippen molar-refractivity contribution in [3.05, 3.63) is 0 Å². The average Bonchev–Trinajstić information content (AvgIpc) is 2.19. The molecule has 78 valence electrons. The predicted molar refractivity (Wildman–Crippen MR) is 58.9 cm³/mol. The molecule has 0 N–H and O–H groups in total. The molecule has 2 unspecified atom stereocenters. The van der Waals surface area contributed by atoms with Crippen LogP contribution in [-0.4, -0.2) is 24.0 Å². The van der Waals surface area contributed by atoms with Crippen LogP contribution in [0.25, 0.3) is 0 Å². The van der Waals surface area contributed by atoms with Gasteiger partial charge in [0.15, 0.2) is 0 Å². The maximum absolute atomic E-state index is 2.54. The number of nitrogens with zero attached hydrogens (tertiary/aromatic N) is 1. The second-order valence-corrected chi connectivity index (χ2v) is 5.18. The SMILES string of the molecule is CC(C)C1CC[C@@H](C)N(C)C(C)C1. The van der Waals surface area contributed by atoms with Gasteiger partial charge >= 0.3 is 0 Å². The second-order valence-electron chi connectivity index (χ2n) is 5.18. The fourth-order valence-electron chi connectivity index (χ4n) is 2.42. The Bertz CT molecular complexity index is 153. The third kappa shape index (κ3) is 2.70. The summed E-state index contributed by atoms with van der Waals surface area (Å²) in [6, 6.07) is 1.55. The van der Waals surface area contributed by atoms with E-state index in [1.165, 1.54) is 19.3 Å². The quantitative estimate of drug-likeness (QED) is 0.603. The molecule has 0 aromatic carbocycles. The highest BCUT2D eigenvalue weighted by molar-refractivity contribution is 4.80. The summed E-state index contributed by atoms with van der Waals surface area (Å²) in [5.74, 6) is 1.81. The summed E-state index contributed by atoms with van der Waals surface area (Å²) in [6.07, 6.45) is 4.19. The van der Waals surface area contributed by atoms with E-state index < -0.39 is 0 Å². The van der Waals surface area contributed by atoms with Crippen LogP contribution in [0.5, 0.6) is 0 Å². The molecule has 1 aliphatic rings. The maximum Gasteiger partial charge on any atom is 0.00694 e. The van der Waals surface area contributed by atoms with Gasteiger partial charge in [-0.15, -0.1) is 0 Å². The first-order valence-electron chi connectivity index (χ1n) is 5.74. The van der Waals surface area contributed by atoms with Crippen molar-refractivity contribution in [2.24, 2.45) is 11.8 Å². The van der Waals surface area contributed by atoms with Crippen LogP contribution in [0.2, 0.25) is 0 Å². The van der Waals surface area contributed by atoms with Crippen molar-refractivity contribution in [1.82, 2.24) is 4.90 Å². The molecular formula is C12H25N. The van der Waals surface area contributed by atoms with E-state index in [1.807, 2.05) is 0 Å². The topological polar surface area (TPSA) is 3.24 Å². The van der Waals surface area contributed by atoms with E-state index in [4.69, 9.17) is 0 Å². The Morgan fingerprint density at radius 3 is 2.23 bits per heavy atom. The van der Waals surface area contributed by atoms with Crippen molar-refractivity contribution < 1.29 is 0 Å². The molecule has 1 heterocycles. The van der Waals surface area contributed by atoms with E-state index in [2.05, 4.69) is 39.6 Å². The third-order valence-corrected chi connectivity index (χ3v) is 3.93. The monoisotopic (exact) mass is 183 g/mol. The molecule has 0 saturated carbocycles. The normalized spacial score (nSPS) is 37.8. The molecule has 1 fully saturated rings. The lowest BCUT2D eigenvalue weighted by Gasteiger charge is -2.28. The van der Waals surface area contributed by atoms with E-state index in [0.717, 1.165) is 23.9 Å². The van der Waals surface area contributed by atoms with Crippen LogP contribution < -0.4 is 0 Å². The van der Waals surface area contributed by atoms with Crippen LogP contribution >= 0.6 is 0 Å². The van der Waals surface area contributed by atoms with Gasteiger partial charge in [-0.25, -0.2) is 0 Å². The summed E-state index contributed by atoms with van der Waals surface area (Å²) >= 11 is 0. The highest BCUT2D eigenvalue weighted by atomic mass is 15.1. The molecule has 1 nitrogen and oxygen atoms in total. The van der Waals surface area contributed by atoms with E-state index in [-0.39, 0.29) is 0 Å². The van der Waals surface area contributed by atoms with Crippen LogP contribution in [-0.2, 0) is 0 Å². The van der Waals surface area contributed by atoms with Gasteiger partial charge in [-0.05, 0) is 52.0 Å². The second kappa shape index (κ2) is 4.45. The van der Waals surface area contributed by atoms with Crippen LogP contribution in [0.3, 0.4) is 0 Å². The zero-order chi connectivity index (χ0) is 10.0. The molecule has 0 spiro atoms. The van der Waals surface area contributed by atoms with Crippen molar-refractivity contribution in [1.29, 1.82) is 0 Å². The van der Waals surface area contributed by atoms with Crippen LogP contribution in [0, 0.1) is 11.8 Å². The Kier molecular flexibility index (Phi) is 3.78. The Morgan fingerprint density at radius 1 is 1.08 bits per heavy atom. The zero-order valence-corrected chi connectivity index (χ0v) is 9.88. The summed E-state index contributed by atoms with van der Waals surface area (Å²) in [5.41, 5.74) is 0. The van der Waals surface area contributed by atoms with Gasteiger partial charge in [0.2, 0.25) is 0 Å². The maximum atomic E-state index is 2.54. The van der Waals surface area contributed by atoms with Crippen molar-refractivity contribution in [3.8, 4) is 0 Å². The van der Waals surface area contributed by atoms with Gasteiger partial charge < -0.3 is 4.90 Å². The number of hydrogen-bond donors (Lipinski definition) is 0. The predicted octanol–water partition coefficient (Wildman–Crippen LogP) is 3.15. The molecule has 0 bridgehead atoms. The van der Waals surface area contributed by atoms with Gasteiger partial charge in [-0.2, -0.15) is 0 Å². The Morgan fingerprint density at radius 2 is 1.69 bits per heavy atom. The highest BCUT2D eigenvalue weighted by Gasteiger charge is 2.26. The van der Waals surface area contributed by atoms with Crippen molar-refractivity contribution in [2.75, 3.05) is 7.05 Å². The van der Waals surface area contributed by atoms with Crippen molar-refractivity contribution >= 4 is 0 Å². The van der Waals surface area contributed by atoms with E-state index >= 15 is 0 Å². The van der Waals surface area contributed by atoms with Crippen molar-refractivity contribution in [3.63, 3.8) is 0 Å². The molecule has 13 heavy (non-hydrogen) atoms. The molecular weight excluding hydrogens is 158 g/mol. The van der Waals surface area contributed by atoms with E-state index in [9.17, 15) is 0 Å². The lowest BCUT2D eigenvalue weighted by molar-refractivity contribution is 0.190. The Hall–Kier alpha value is -0.0400. The van der Waals surface area contributed by atoms with Gasteiger partial charge in [0.1, 0.15) is 0 Å². The average molecular weight is 183 g/mol. The molecule has 0 radical (unpaired) electrons. The van der Waals surface area contributed by atoms with Gasteiger partial charge in [-0.1, -0.05) is 13.8 Å². The summed E-state index contributed by atoms with van der Waals surface area (Å²) in [7, 11) is 2.28. The molecule has 1 rings (SSSR count). The molecule has 1 aliphatic heterocycles. The van der Waals surface area contributed by atoms with Crippen LogP contribution in [0.15, 0.2) is 0 Å². The number of hydrogen-bond acceptors (Lipinski definition) is 1. The lowest BCUT2D eigenvalue weighted by atomic mass is 9.87. The fraction of sp³-hybridized carbons (Fsp3) is 1.00. The highest BCUT2D eigenvalue weighted by Crippen LogP contribution is 2.29. The largest absolute Gasteiger partial charge is 0.301 e. The van der Waals surface area contributed by atoms with Crippen molar-refractivity contribution in [2.45, 2.75) is 59.0 Å². The molecule has 0 aromatic heterocycles. The third-order valence-electron chi connectivity index (χ3n) is 3.93. The number of rotatable bonds is 1. The molecule has 1 heteroatoms. The fourth-order valence-corrected chi connectivity index (χ4v) is 2.42. The first-order valence-corrected chi connectivity index (χ1v) is 5.74. The van der Waals surface area contributed by atoms with E-state index in [0.29, 0.717) is 0 Å². The molecule has 1 saturated heterocycles. The van der Waals surface area contributed by atoms with Crippen LogP contribution in [0.4, 0.5) is 0 Å². The molecule has 0 amide bonds.